The van der Waals surface area contributed by atoms with Crippen molar-refractivity contribution in [3.63, 3.8) is 0 Å². The molecule has 6 rings (SSSR count). The number of nitrogens with one attached hydrogen (secondary N) is 4. The summed E-state index contributed by atoms with van der Waals surface area (Å²) in [6.45, 7) is 4.23. The SMILES string of the molecule is CCOc1cc2c3c(c(OCC)cc4c3c1C(=O)N([C@@H](CCCCNC(=O)C1CSSC1)C(=O)NC)C4=O)C(=O)N([C@@H](CCCCNC(=O)C1CSSC1)C(=O)NC)C2=O. The summed E-state index contributed by atoms with van der Waals surface area (Å²) in [7, 11) is 9.47. The molecular formula is C40H50N6O10S4. The van der Waals surface area contributed by atoms with Crippen molar-refractivity contribution in [3.05, 3.63) is 34.4 Å². The fraction of sp³-hybridized carbons (Fsp3) is 0.550. The Morgan fingerprint density at radius 1 is 0.617 bits per heavy atom. The van der Waals surface area contributed by atoms with Gasteiger partial charge in [0.2, 0.25) is 23.6 Å². The van der Waals surface area contributed by atoms with Gasteiger partial charge in [-0.25, -0.2) is 0 Å². The Hall–Kier alpha value is -4.14. The molecule has 60 heavy (non-hydrogen) atoms. The Balaban J connectivity index is 1.32. The van der Waals surface area contributed by atoms with Crippen LogP contribution in [-0.4, -0.2) is 133 Å². The van der Waals surface area contributed by atoms with Crippen molar-refractivity contribution in [1.82, 2.24) is 31.1 Å². The number of likely N-dealkylation sites (N-methyl/N-ethyl adjacent to an activating group) is 2. The highest BCUT2D eigenvalue weighted by molar-refractivity contribution is 8.77. The van der Waals surface area contributed by atoms with Gasteiger partial charge >= 0.3 is 0 Å². The molecule has 4 N–H and O–H groups in total. The van der Waals surface area contributed by atoms with Crippen molar-refractivity contribution >= 4 is 101 Å². The van der Waals surface area contributed by atoms with Crippen LogP contribution in [0.15, 0.2) is 12.1 Å². The van der Waals surface area contributed by atoms with E-state index in [1.54, 1.807) is 57.0 Å². The third kappa shape index (κ3) is 9.21. The monoisotopic (exact) mass is 902 g/mol. The second kappa shape index (κ2) is 20.6. The van der Waals surface area contributed by atoms with Gasteiger partial charge in [-0.3, -0.25) is 48.2 Å². The minimum Gasteiger partial charge on any atom is -0.493 e. The lowest BCUT2D eigenvalue weighted by Gasteiger charge is -2.37. The van der Waals surface area contributed by atoms with Crippen LogP contribution in [0.5, 0.6) is 11.5 Å². The van der Waals surface area contributed by atoms with Crippen LogP contribution in [0.25, 0.3) is 10.8 Å². The summed E-state index contributed by atoms with van der Waals surface area (Å²) < 4.78 is 12.0. The number of rotatable bonds is 20. The quantitative estimate of drug-likeness (QED) is 0.0850. The average molecular weight is 903 g/mol. The zero-order chi connectivity index (χ0) is 43.1. The second-order valence-electron chi connectivity index (χ2n) is 14.5. The first-order valence-electron chi connectivity index (χ1n) is 20.1. The molecule has 0 bridgehead atoms. The van der Waals surface area contributed by atoms with Crippen molar-refractivity contribution in [1.29, 1.82) is 0 Å². The molecule has 2 aromatic rings. The van der Waals surface area contributed by atoms with Crippen molar-refractivity contribution in [2.45, 2.75) is 64.5 Å². The largest absolute Gasteiger partial charge is 0.493 e. The molecule has 2 fully saturated rings. The summed E-state index contributed by atoms with van der Waals surface area (Å²) in [5.41, 5.74) is -0.290. The maximum atomic E-state index is 14.7. The van der Waals surface area contributed by atoms with Crippen LogP contribution in [0.3, 0.4) is 0 Å². The van der Waals surface area contributed by atoms with Crippen LogP contribution in [0.4, 0.5) is 0 Å². The Kier molecular flexibility index (Phi) is 15.6. The van der Waals surface area contributed by atoms with E-state index < -0.39 is 47.5 Å². The van der Waals surface area contributed by atoms with E-state index in [2.05, 4.69) is 21.3 Å². The number of nitrogens with zero attached hydrogens (tertiary/aromatic N) is 2. The molecule has 0 unspecified atom stereocenters. The second-order valence-corrected chi connectivity index (χ2v) is 19.6. The Morgan fingerprint density at radius 2 is 0.983 bits per heavy atom. The first-order chi connectivity index (χ1) is 29.0. The van der Waals surface area contributed by atoms with Gasteiger partial charge in [-0.2, -0.15) is 0 Å². The maximum absolute atomic E-state index is 14.7. The predicted molar refractivity (Wildman–Crippen MR) is 234 cm³/mol. The Morgan fingerprint density at radius 3 is 1.32 bits per heavy atom. The molecule has 4 heterocycles. The number of amides is 8. The smallest absolute Gasteiger partial charge is 0.265 e. The molecule has 0 saturated carbocycles. The van der Waals surface area contributed by atoms with Gasteiger partial charge in [-0.1, -0.05) is 43.2 Å². The molecule has 2 atom stereocenters. The number of imide groups is 2. The molecule has 0 spiro atoms. The summed E-state index contributed by atoms with van der Waals surface area (Å²) in [6, 6.07) is 0.226. The van der Waals surface area contributed by atoms with Gasteiger partial charge in [0, 0.05) is 61.0 Å². The van der Waals surface area contributed by atoms with Crippen LogP contribution in [0.2, 0.25) is 0 Å². The van der Waals surface area contributed by atoms with E-state index in [9.17, 15) is 38.4 Å². The number of hydrogen-bond acceptors (Lipinski definition) is 14. The molecule has 16 nitrogen and oxygen atoms in total. The molecule has 2 aromatic carbocycles. The van der Waals surface area contributed by atoms with E-state index in [0.717, 1.165) is 32.8 Å². The molecule has 324 valence electrons. The number of carbonyl (C=O) groups excluding carboxylic acids is 8. The van der Waals surface area contributed by atoms with E-state index in [-0.39, 0.29) is 94.2 Å². The molecule has 20 heteroatoms. The van der Waals surface area contributed by atoms with Crippen LogP contribution < -0.4 is 30.7 Å². The summed E-state index contributed by atoms with van der Waals surface area (Å²) in [5.74, 6) is -1.70. The van der Waals surface area contributed by atoms with E-state index in [0.29, 0.717) is 38.8 Å². The van der Waals surface area contributed by atoms with Crippen molar-refractivity contribution in [3.8, 4) is 11.5 Å². The first kappa shape index (κ1) is 45.4. The summed E-state index contributed by atoms with van der Waals surface area (Å²) in [6.07, 6.45) is 1.96. The highest BCUT2D eigenvalue weighted by Gasteiger charge is 2.48. The highest BCUT2D eigenvalue weighted by Crippen LogP contribution is 2.47. The fourth-order valence-corrected chi connectivity index (χ4v) is 13.3. The Labute approximate surface area is 364 Å². The zero-order valence-electron chi connectivity index (χ0n) is 34.0. The van der Waals surface area contributed by atoms with E-state index >= 15 is 0 Å². The molecule has 0 aromatic heterocycles. The summed E-state index contributed by atoms with van der Waals surface area (Å²) in [4.78, 5) is 112. The van der Waals surface area contributed by atoms with Crippen molar-refractivity contribution in [2.24, 2.45) is 11.8 Å². The average Bonchev–Trinajstić information content (AvgIpc) is 3.99. The van der Waals surface area contributed by atoms with E-state index in [1.807, 2.05) is 0 Å². The van der Waals surface area contributed by atoms with Crippen molar-refractivity contribution in [2.75, 3.05) is 63.4 Å². The van der Waals surface area contributed by atoms with Crippen LogP contribution in [-0.2, 0) is 19.2 Å². The van der Waals surface area contributed by atoms with E-state index in [4.69, 9.17) is 9.47 Å². The van der Waals surface area contributed by atoms with Crippen LogP contribution >= 0.6 is 43.2 Å². The minimum absolute atomic E-state index is 0.0231. The standard InChI is InChI=1S/C40H50N6O10S4/c1-5-55-27-15-23-30-29-24(38(52)45(39(53)31(27)29)25(35(49)41-3)11-7-9-13-43-33(47)21-17-57-58-18-21)16-28(56-6-2)32(30)40(54)46(37(23)51)26(36(50)42-4)12-8-10-14-44-34(48)22-19-59-60-20-22/h15-16,21-22,25-26H,5-14,17-20H2,1-4H3,(H,41,49)(H,42,50)(H,43,47)(H,44,48)/t25-,26-/m0/s1. The van der Waals surface area contributed by atoms with Gasteiger partial charge in [0.15, 0.2) is 0 Å². The third-order valence-corrected chi connectivity index (χ3v) is 15.9. The summed E-state index contributed by atoms with van der Waals surface area (Å²) >= 11 is 0. The molecule has 0 radical (unpaired) electrons. The van der Waals surface area contributed by atoms with Crippen LogP contribution in [0, 0.1) is 11.8 Å². The van der Waals surface area contributed by atoms with Gasteiger partial charge in [0.25, 0.3) is 23.6 Å². The third-order valence-electron chi connectivity index (χ3n) is 10.8. The lowest BCUT2D eigenvalue weighted by Crippen LogP contribution is -2.54. The highest BCUT2D eigenvalue weighted by atomic mass is 33.1. The lowest BCUT2D eigenvalue weighted by atomic mass is 9.83. The molecule has 0 aliphatic carbocycles. The number of carbonyl (C=O) groups is 8. The van der Waals surface area contributed by atoms with Crippen molar-refractivity contribution < 1.29 is 47.8 Å². The number of benzene rings is 2. The minimum atomic E-state index is -1.24. The predicted octanol–water partition coefficient (Wildman–Crippen LogP) is 3.65. The van der Waals surface area contributed by atoms with E-state index in [1.165, 1.54) is 26.2 Å². The summed E-state index contributed by atoms with van der Waals surface area (Å²) in [5, 5.41) is 11.1. The molecule has 8 amide bonds. The molecule has 4 aliphatic rings. The van der Waals surface area contributed by atoms with Gasteiger partial charge in [0.1, 0.15) is 23.6 Å². The number of unbranched alkanes of at least 4 members (excludes halogenated alkanes) is 2. The Bertz CT molecular complexity index is 1910. The van der Waals surface area contributed by atoms with Gasteiger partial charge < -0.3 is 30.7 Å². The normalized spacial score (nSPS) is 17.5. The lowest BCUT2D eigenvalue weighted by molar-refractivity contribution is -0.125. The van der Waals surface area contributed by atoms with Gasteiger partial charge in [-0.15, -0.1) is 0 Å². The van der Waals surface area contributed by atoms with Crippen LogP contribution in [0.1, 0.15) is 93.8 Å². The molecule has 4 aliphatic heterocycles. The number of hydrogen-bond donors (Lipinski definition) is 4. The number of ether oxygens (including phenoxy) is 2. The van der Waals surface area contributed by atoms with Gasteiger partial charge in [-0.05, 0) is 64.5 Å². The molecular weight excluding hydrogens is 853 g/mol. The van der Waals surface area contributed by atoms with Gasteiger partial charge in [0.05, 0.1) is 47.3 Å². The zero-order valence-corrected chi connectivity index (χ0v) is 37.2. The maximum Gasteiger partial charge on any atom is 0.265 e. The first-order valence-corrected chi connectivity index (χ1v) is 25.1. The molecule has 2 saturated heterocycles. The fourth-order valence-electron chi connectivity index (χ4n) is 7.78. The topological polar surface area (TPSA) is 210 Å².